The van der Waals surface area contributed by atoms with Gasteiger partial charge in [0.25, 0.3) is 0 Å². The molecule has 7 heteroatoms. The minimum absolute atomic E-state index is 0.296. The molecule has 18 heavy (non-hydrogen) atoms. The van der Waals surface area contributed by atoms with Crippen LogP contribution in [0.5, 0.6) is 17.2 Å². The molecule has 0 aromatic heterocycles. The quantitative estimate of drug-likeness (QED) is 0.577. The van der Waals surface area contributed by atoms with Crippen molar-refractivity contribution in [2.24, 2.45) is 0 Å². The van der Waals surface area contributed by atoms with Gasteiger partial charge in [0.1, 0.15) is 0 Å². The second-order valence-corrected chi connectivity index (χ2v) is 6.71. The van der Waals surface area contributed by atoms with E-state index in [9.17, 15) is 9.18 Å². The maximum atomic E-state index is 13.0. The van der Waals surface area contributed by atoms with E-state index in [0.717, 1.165) is 0 Å². The fourth-order valence-corrected chi connectivity index (χ4v) is 1.83. The SMILES string of the molecule is COc1cc(C(Br)(Br)C(=O)F)cc(OC)c1OC. The number of halogens is 3. The van der Waals surface area contributed by atoms with Gasteiger partial charge in [0.2, 0.25) is 5.75 Å². The minimum atomic E-state index is -1.63. The zero-order chi connectivity index (χ0) is 13.9. The molecule has 0 unspecified atom stereocenters. The van der Waals surface area contributed by atoms with E-state index in [1.807, 2.05) is 0 Å². The topological polar surface area (TPSA) is 44.8 Å². The van der Waals surface area contributed by atoms with Crippen molar-refractivity contribution in [3.05, 3.63) is 17.7 Å². The van der Waals surface area contributed by atoms with Crippen LogP contribution in [0.15, 0.2) is 12.1 Å². The zero-order valence-corrected chi connectivity index (χ0v) is 13.1. The molecule has 0 saturated heterocycles. The van der Waals surface area contributed by atoms with Gasteiger partial charge in [0, 0.05) is 0 Å². The van der Waals surface area contributed by atoms with Crippen LogP contribution < -0.4 is 14.2 Å². The van der Waals surface area contributed by atoms with Crippen molar-refractivity contribution < 1.29 is 23.4 Å². The lowest BCUT2D eigenvalue weighted by atomic mass is 10.1. The van der Waals surface area contributed by atoms with Crippen molar-refractivity contribution in [3.8, 4) is 17.2 Å². The summed E-state index contributed by atoms with van der Waals surface area (Å²) in [7, 11) is 4.32. The van der Waals surface area contributed by atoms with Crippen molar-refractivity contribution in [1.82, 2.24) is 0 Å². The summed E-state index contributed by atoms with van der Waals surface area (Å²) in [5.74, 6) is 1.03. The van der Waals surface area contributed by atoms with Crippen LogP contribution >= 0.6 is 31.9 Å². The van der Waals surface area contributed by atoms with Crippen molar-refractivity contribution in [2.45, 2.75) is 3.23 Å². The first-order chi connectivity index (χ1) is 8.38. The van der Waals surface area contributed by atoms with Gasteiger partial charge in [0.05, 0.1) is 21.3 Å². The molecule has 0 heterocycles. The molecule has 100 valence electrons. The Kier molecular flexibility index (Phi) is 4.98. The molecule has 0 saturated carbocycles. The first-order valence-corrected chi connectivity index (χ1v) is 6.35. The molecule has 0 aliphatic heterocycles. The highest BCUT2D eigenvalue weighted by Gasteiger charge is 2.36. The lowest BCUT2D eigenvalue weighted by Gasteiger charge is -2.19. The summed E-state index contributed by atoms with van der Waals surface area (Å²) in [5, 5.41) is 0. The zero-order valence-electron chi connectivity index (χ0n) is 9.92. The van der Waals surface area contributed by atoms with E-state index < -0.39 is 9.27 Å². The van der Waals surface area contributed by atoms with Crippen LogP contribution in [-0.4, -0.2) is 27.4 Å². The van der Waals surface area contributed by atoms with E-state index in [-0.39, 0.29) is 0 Å². The summed E-state index contributed by atoms with van der Waals surface area (Å²) >= 11 is 5.94. The Labute approximate surface area is 121 Å². The van der Waals surface area contributed by atoms with Crippen LogP contribution in [0.4, 0.5) is 4.39 Å². The molecule has 0 bridgehead atoms. The summed E-state index contributed by atoms with van der Waals surface area (Å²) in [4.78, 5) is 10.9. The van der Waals surface area contributed by atoms with Gasteiger partial charge in [0.15, 0.2) is 14.7 Å². The Morgan fingerprint density at radius 1 is 1.11 bits per heavy atom. The van der Waals surface area contributed by atoms with Crippen molar-refractivity contribution >= 4 is 37.9 Å². The third kappa shape index (κ3) is 2.77. The summed E-state index contributed by atoms with van der Waals surface area (Å²) in [6.07, 6.45) is 0. The average molecular weight is 386 g/mol. The second-order valence-electron chi connectivity index (χ2n) is 3.26. The van der Waals surface area contributed by atoms with E-state index in [4.69, 9.17) is 14.2 Å². The number of rotatable bonds is 5. The van der Waals surface area contributed by atoms with Crippen LogP contribution in [0.3, 0.4) is 0 Å². The molecule has 1 rings (SSSR count). The molecule has 0 fully saturated rings. The minimum Gasteiger partial charge on any atom is -0.493 e. The third-order valence-electron chi connectivity index (χ3n) is 2.27. The van der Waals surface area contributed by atoms with Crippen LogP contribution in [0, 0.1) is 0 Å². The number of benzene rings is 1. The van der Waals surface area contributed by atoms with Crippen LogP contribution in [0.2, 0.25) is 0 Å². The van der Waals surface area contributed by atoms with E-state index in [0.29, 0.717) is 22.8 Å². The summed E-state index contributed by atoms with van der Waals surface area (Å²) in [6.45, 7) is 0. The molecule has 0 spiro atoms. The predicted octanol–water partition coefficient (Wildman–Crippen LogP) is 3.15. The molecule has 1 aromatic rings. The average Bonchev–Trinajstić information content (AvgIpc) is 2.36. The van der Waals surface area contributed by atoms with Gasteiger partial charge in [-0.1, -0.05) is 31.9 Å². The van der Waals surface area contributed by atoms with Crippen molar-refractivity contribution in [3.63, 3.8) is 0 Å². The van der Waals surface area contributed by atoms with E-state index in [2.05, 4.69) is 31.9 Å². The van der Waals surface area contributed by atoms with Crippen LogP contribution in [-0.2, 0) is 8.03 Å². The monoisotopic (exact) mass is 384 g/mol. The second kappa shape index (κ2) is 5.88. The molecule has 0 radical (unpaired) electrons. The number of ether oxygens (including phenoxy) is 3. The lowest BCUT2D eigenvalue weighted by molar-refractivity contribution is -0.129. The van der Waals surface area contributed by atoms with E-state index >= 15 is 0 Å². The number of methoxy groups -OCH3 is 3. The van der Waals surface area contributed by atoms with Crippen molar-refractivity contribution in [1.29, 1.82) is 0 Å². The Hall–Kier alpha value is -0.820. The predicted molar refractivity (Wildman–Crippen MR) is 71.7 cm³/mol. The molecular weight excluding hydrogens is 375 g/mol. The number of carbonyl (C=O) groups excluding carboxylic acids is 1. The highest BCUT2D eigenvalue weighted by Crippen LogP contribution is 2.46. The van der Waals surface area contributed by atoms with E-state index in [1.165, 1.54) is 33.5 Å². The van der Waals surface area contributed by atoms with Gasteiger partial charge in [-0.05, 0) is 17.7 Å². The van der Waals surface area contributed by atoms with Crippen LogP contribution in [0.25, 0.3) is 0 Å². The Bertz CT molecular complexity index is 437. The highest BCUT2D eigenvalue weighted by molar-refractivity contribution is 9.25. The molecular formula is C11H11Br2FO4. The first kappa shape index (κ1) is 15.2. The fraction of sp³-hybridized carbons (Fsp3) is 0.364. The molecule has 0 N–H and O–H groups in total. The normalized spacial score (nSPS) is 11.0. The number of alkyl halides is 2. The molecule has 0 aliphatic carbocycles. The van der Waals surface area contributed by atoms with Gasteiger partial charge in [-0.25, -0.2) is 0 Å². The Balaban J connectivity index is 3.45. The van der Waals surface area contributed by atoms with Gasteiger partial charge in [-0.15, -0.1) is 0 Å². The van der Waals surface area contributed by atoms with Gasteiger partial charge < -0.3 is 14.2 Å². The number of carbonyl (C=O) groups is 1. The molecule has 0 aliphatic rings. The Morgan fingerprint density at radius 2 is 1.56 bits per heavy atom. The van der Waals surface area contributed by atoms with Gasteiger partial charge in [-0.2, -0.15) is 4.39 Å². The van der Waals surface area contributed by atoms with Gasteiger partial charge >= 0.3 is 6.04 Å². The lowest BCUT2D eigenvalue weighted by Crippen LogP contribution is -2.18. The first-order valence-electron chi connectivity index (χ1n) is 4.76. The van der Waals surface area contributed by atoms with Crippen molar-refractivity contribution in [2.75, 3.05) is 21.3 Å². The highest BCUT2D eigenvalue weighted by atomic mass is 79.9. The van der Waals surface area contributed by atoms with E-state index in [1.54, 1.807) is 0 Å². The largest absolute Gasteiger partial charge is 0.493 e. The standard InChI is InChI=1S/C11H11Br2FO4/c1-16-7-4-6(11(12,13)10(14)15)5-8(17-2)9(7)18-3/h4-5H,1-3H3. The molecule has 1 aromatic carbocycles. The third-order valence-corrected chi connectivity index (χ3v) is 3.81. The molecule has 0 atom stereocenters. The van der Waals surface area contributed by atoms with Crippen LogP contribution in [0.1, 0.15) is 5.56 Å². The van der Waals surface area contributed by atoms with Gasteiger partial charge in [-0.3, -0.25) is 4.79 Å². The molecule has 4 nitrogen and oxygen atoms in total. The summed E-state index contributed by atoms with van der Waals surface area (Å²) in [5.41, 5.74) is 0.296. The maximum Gasteiger partial charge on any atom is 0.333 e. The smallest absolute Gasteiger partial charge is 0.333 e. The number of hydrogen-bond acceptors (Lipinski definition) is 4. The number of hydrogen-bond donors (Lipinski definition) is 0. The molecule has 0 amide bonds. The fourth-order valence-electron chi connectivity index (χ4n) is 1.38. The maximum absolute atomic E-state index is 13.0. The summed E-state index contributed by atoms with van der Waals surface area (Å²) < 4.78 is 26.7. The Morgan fingerprint density at radius 3 is 1.83 bits per heavy atom. The summed E-state index contributed by atoms with van der Waals surface area (Å²) in [6, 6.07) is 1.36.